The Hall–Kier alpha value is -3.39. The number of aryl methyl sites for hydroxylation is 1. The van der Waals surface area contributed by atoms with Gasteiger partial charge < -0.3 is 15.1 Å². The highest BCUT2D eigenvalue weighted by atomic mass is 15.2. The zero-order chi connectivity index (χ0) is 19.8. The predicted molar refractivity (Wildman–Crippen MR) is 115 cm³/mol. The van der Waals surface area contributed by atoms with E-state index in [1.165, 1.54) is 5.69 Å². The van der Waals surface area contributed by atoms with Crippen molar-refractivity contribution in [1.82, 2.24) is 29.5 Å². The first-order valence-electron chi connectivity index (χ1n) is 9.82. The molecule has 0 bridgehead atoms. The van der Waals surface area contributed by atoms with E-state index in [9.17, 15) is 0 Å². The molecule has 1 fully saturated rings. The molecule has 29 heavy (non-hydrogen) atoms. The molecule has 0 amide bonds. The smallest absolute Gasteiger partial charge is 0.180 e. The van der Waals surface area contributed by atoms with Gasteiger partial charge in [0.15, 0.2) is 11.5 Å². The topological polar surface area (TPSA) is 77.4 Å². The van der Waals surface area contributed by atoms with Gasteiger partial charge in [0.05, 0.1) is 18.1 Å². The molecule has 5 rings (SSSR count). The van der Waals surface area contributed by atoms with Crippen molar-refractivity contribution in [3.05, 3.63) is 54.7 Å². The fraction of sp³-hybridized carbons (Fsp3) is 0.286. The number of piperazine rings is 1. The first-order valence-corrected chi connectivity index (χ1v) is 9.82. The molecule has 8 heteroatoms. The molecule has 0 saturated carbocycles. The Morgan fingerprint density at radius 1 is 1.00 bits per heavy atom. The molecule has 0 spiro atoms. The third-order valence-electron chi connectivity index (χ3n) is 5.53. The third kappa shape index (κ3) is 3.31. The zero-order valence-corrected chi connectivity index (χ0v) is 16.6. The van der Waals surface area contributed by atoms with E-state index < -0.39 is 0 Å². The molecule has 148 valence electrons. The second-order valence-corrected chi connectivity index (χ2v) is 7.48. The monoisotopic (exact) mass is 388 g/mol. The summed E-state index contributed by atoms with van der Waals surface area (Å²) in [7, 11) is 2.17. The van der Waals surface area contributed by atoms with Crippen molar-refractivity contribution in [3.63, 3.8) is 0 Å². The number of rotatable bonds is 4. The quantitative estimate of drug-likeness (QED) is 0.560. The largest absolute Gasteiger partial charge is 0.369 e. The number of aromatic amines is 1. The molecule has 1 aliphatic rings. The second-order valence-electron chi connectivity index (χ2n) is 7.48. The highest BCUT2D eigenvalue weighted by molar-refractivity contribution is 5.75. The number of hydrogen-bond donors (Lipinski definition) is 2. The van der Waals surface area contributed by atoms with Gasteiger partial charge in [0.2, 0.25) is 0 Å². The van der Waals surface area contributed by atoms with Crippen LogP contribution in [0.4, 0.5) is 17.2 Å². The van der Waals surface area contributed by atoms with Crippen molar-refractivity contribution in [2.75, 3.05) is 43.4 Å². The number of fused-ring (bicyclic) bond motifs is 1. The number of nitrogens with zero attached hydrogens (tertiary/aromatic N) is 6. The van der Waals surface area contributed by atoms with Crippen LogP contribution >= 0.6 is 0 Å². The van der Waals surface area contributed by atoms with Gasteiger partial charge in [-0.05, 0) is 38.2 Å². The predicted octanol–water partition coefficient (Wildman–Crippen LogP) is 2.92. The SMILES string of the molecule is Cc1[nH]ncc1-c1cnc(Nc2ccc(N3CCN(C)CC3)cc2)c2nccn12. The number of likely N-dealkylation sites (N-methyl/N-ethyl adjacent to an activating group) is 1. The normalized spacial score (nSPS) is 15.2. The number of nitrogens with one attached hydrogen (secondary N) is 2. The standard InChI is InChI=1S/C21H24N8/c1-15-18(13-24-26-15)19-14-23-20(21-22-7-8-29(19)21)25-16-3-5-17(6-4-16)28-11-9-27(2)10-12-28/h3-8,13-14H,9-12H2,1-2H3,(H,23,25)(H,24,26). The minimum atomic E-state index is 0.729. The number of H-pyrrole nitrogens is 1. The molecule has 0 atom stereocenters. The molecule has 0 aliphatic carbocycles. The van der Waals surface area contributed by atoms with Crippen LogP contribution in [-0.4, -0.2) is 62.7 Å². The summed E-state index contributed by atoms with van der Waals surface area (Å²) in [5, 5.41) is 10.5. The van der Waals surface area contributed by atoms with Crippen molar-refractivity contribution in [1.29, 1.82) is 0 Å². The lowest BCUT2D eigenvalue weighted by Gasteiger charge is -2.34. The van der Waals surface area contributed by atoms with Crippen LogP contribution < -0.4 is 10.2 Å². The van der Waals surface area contributed by atoms with Gasteiger partial charge in [-0.3, -0.25) is 9.50 Å². The van der Waals surface area contributed by atoms with Crippen molar-refractivity contribution in [2.24, 2.45) is 0 Å². The molecule has 2 N–H and O–H groups in total. The van der Waals surface area contributed by atoms with Crippen LogP contribution in [0, 0.1) is 6.92 Å². The first kappa shape index (κ1) is 17.7. The molecule has 1 aromatic carbocycles. The highest BCUT2D eigenvalue weighted by Gasteiger charge is 2.15. The van der Waals surface area contributed by atoms with Crippen molar-refractivity contribution in [2.45, 2.75) is 6.92 Å². The summed E-state index contributed by atoms with van der Waals surface area (Å²) in [6.45, 7) is 6.33. The number of benzene rings is 1. The van der Waals surface area contributed by atoms with E-state index >= 15 is 0 Å². The van der Waals surface area contributed by atoms with Gasteiger partial charge >= 0.3 is 0 Å². The Balaban J connectivity index is 1.40. The number of hydrogen-bond acceptors (Lipinski definition) is 6. The molecule has 1 aliphatic heterocycles. The van der Waals surface area contributed by atoms with Crippen LogP contribution in [0.2, 0.25) is 0 Å². The molecule has 0 radical (unpaired) electrons. The van der Waals surface area contributed by atoms with Crippen LogP contribution in [0.15, 0.2) is 49.1 Å². The Labute approximate surface area is 169 Å². The van der Waals surface area contributed by atoms with Gasteiger partial charge in [0, 0.05) is 61.2 Å². The van der Waals surface area contributed by atoms with Crippen LogP contribution in [0.1, 0.15) is 5.69 Å². The van der Waals surface area contributed by atoms with E-state index in [4.69, 9.17) is 0 Å². The summed E-state index contributed by atoms with van der Waals surface area (Å²) in [5.74, 6) is 0.729. The van der Waals surface area contributed by atoms with Gasteiger partial charge in [-0.2, -0.15) is 5.10 Å². The van der Waals surface area contributed by atoms with E-state index in [1.54, 1.807) is 6.20 Å². The number of anilines is 3. The van der Waals surface area contributed by atoms with E-state index in [0.29, 0.717) is 0 Å². The fourth-order valence-corrected chi connectivity index (χ4v) is 3.77. The summed E-state index contributed by atoms with van der Waals surface area (Å²) in [4.78, 5) is 13.9. The fourth-order valence-electron chi connectivity index (χ4n) is 3.77. The van der Waals surface area contributed by atoms with Crippen molar-refractivity contribution >= 4 is 22.8 Å². The van der Waals surface area contributed by atoms with Gasteiger partial charge in [-0.15, -0.1) is 0 Å². The van der Waals surface area contributed by atoms with Crippen LogP contribution in [0.5, 0.6) is 0 Å². The Bertz CT molecular complexity index is 1120. The molecule has 4 heterocycles. The van der Waals surface area contributed by atoms with Gasteiger partial charge in [0.1, 0.15) is 0 Å². The Morgan fingerprint density at radius 3 is 2.52 bits per heavy atom. The molecular formula is C21H24N8. The molecule has 4 aromatic rings. The van der Waals surface area contributed by atoms with E-state index in [0.717, 1.165) is 60.3 Å². The minimum Gasteiger partial charge on any atom is -0.369 e. The molecule has 3 aromatic heterocycles. The zero-order valence-electron chi connectivity index (χ0n) is 16.6. The maximum Gasteiger partial charge on any atom is 0.180 e. The van der Waals surface area contributed by atoms with Gasteiger partial charge in [-0.25, -0.2) is 9.97 Å². The molecule has 8 nitrogen and oxygen atoms in total. The number of imidazole rings is 1. The van der Waals surface area contributed by atoms with Crippen LogP contribution in [0.3, 0.4) is 0 Å². The maximum atomic E-state index is 4.64. The van der Waals surface area contributed by atoms with Gasteiger partial charge in [-0.1, -0.05) is 0 Å². The van der Waals surface area contributed by atoms with Crippen molar-refractivity contribution < 1.29 is 0 Å². The third-order valence-corrected chi connectivity index (χ3v) is 5.53. The average Bonchev–Trinajstić information content (AvgIpc) is 3.39. The summed E-state index contributed by atoms with van der Waals surface area (Å²) in [6.07, 6.45) is 7.40. The molecule has 0 unspecified atom stereocenters. The summed E-state index contributed by atoms with van der Waals surface area (Å²) >= 11 is 0. The van der Waals surface area contributed by atoms with Crippen LogP contribution in [0.25, 0.3) is 16.9 Å². The lowest BCUT2D eigenvalue weighted by atomic mass is 10.2. The maximum absolute atomic E-state index is 4.64. The Morgan fingerprint density at radius 2 is 1.79 bits per heavy atom. The van der Waals surface area contributed by atoms with E-state index in [2.05, 4.69) is 66.6 Å². The average molecular weight is 388 g/mol. The van der Waals surface area contributed by atoms with Crippen molar-refractivity contribution in [3.8, 4) is 11.3 Å². The lowest BCUT2D eigenvalue weighted by Crippen LogP contribution is -2.44. The lowest BCUT2D eigenvalue weighted by molar-refractivity contribution is 0.313. The second kappa shape index (κ2) is 7.21. The minimum absolute atomic E-state index is 0.729. The summed E-state index contributed by atoms with van der Waals surface area (Å²) in [5.41, 5.74) is 6.01. The number of aromatic nitrogens is 5. The van der Waals surface area contributed by atoms with Crippen LogP contribution in [-0.2, 0) is 0 Å². The van der Waals surface area contributed by atoms with E-state index in [1.807, 2.05) is 29.9 Å². The summed E-state index contributed by atoms with van der Waals surface area (Å²) < 4.78 is 2.03. The highest BCUT2D eigenvalue weighted by Crippen LogP contribution is 2.27. The Kier molecular flexibility index (Phi) is 4.40. The molecular weight excluding hydrogens is 364 g/mol. The first-order chi connectivity index (χ1) is 14.2. The molecule has 1 saturated heterocycles. The summed E-state index contributed by atoms with van der Waals surface area (Å²) in [6, 6.07) is 8.53. The van der Waals surface area contributed by atoms with Gasteiger partial charge in [0.25, 0.3) is 0 Å². The van der Waals surface area contributed by atoms with E-state index in [-0.39, 0.29) is 0 Å².